The zero-order chi connectivity index (χ0) is 16.7. The lowest BCUT2D eigenvalue weighted by Crippen LogP contribution is -2.37. The van der Waals surface area contributed by atoms with Crippen molar-refractivity contribution >= 4 is 17.6 Å². The zero-order valence-electron chi connectivity index (χ0n) is 13.5. The molecule has 0 saturated carbocycles. The van der Waals surface area contributed by atoms with E-state index in [1.165, 1.54) is 6.33 Å². The molecular formula is C15H21ClN6O. The van der Waals surface area contributed by atoms with Crippen LogP contribution in [0.25, 0.3) is 0 Å². The fourth-order valence-electron chi connectivity index (χ4n) is 2.00. The highest BCUT2D eigenvalue weighted by Gasteiger charge is 2.05. The first-order valence-electron chi connectivity index (χ1n) is 7.31. The summed E-state index contributed by atoms with van der Waals surface area (Å²) in [6.45, 7) is 3.80. The van der Waals surface area contributed by atoms with Crippen molar-refractivity contribution in [3.05, 3.63) is 40.9 Å². The Morgan fingerprint density at radius 1 is 1.39 bits per heavy atom. The van der Waals surface area contributed by atoms with Crippen LogP contribution in [-0.2, 0) is 20.1 Å². The molecule has 0 bridgehead atoms. The number of rotatable bonds is 6. The van der Waals surface area contributed by atoms with E-state index in [-0.39, 0.29) is 0 Å². The number of ether oxygens (including phenoxy) is 1. The fourth-order valence-corrected chi connectivity index (χ4v) is 2.16. The number of guanidine groups is 1. The fraction of sp³-hybridized carbons (Fsp3) is 0.400. The molecule has 1 aromatic heterocycles. The van der Waals surface area contributed by atoms with Crippen molar-refractivity contribution in [3.8, 4) is 5.75 Å². The number of aromatic nitrogens is 3. The highest BCUT2D eigenvalue weighted by atomic mass is 35.5. The van der Waals surface area contributed by atoms with Gasteiger partial charge >= 0.3 is 0 Å². The monoisotopic (exact) mass is 336 g/mol. The first-order valence-corrected chi connectivity index (χ1v) is 7.69. The predicted octanol–water partition coefficient (Wildman–Crippen LogP) is 1.73. The van der Waals surface area contributed by atoms with Gasteiger partial charge in [0.2, 0.25) is 0 Å². The van der Waals surface area contributed by atoms with Crippen LogP contribution < -0.4 is 15.4 Å². The number of aryl methyl sites for hydroxylation is 1. The molecule has 0 aliphatic heterocycles. The van der Waals surface area contributed by atoms with E-state index in [2.05, 4.69) is 25.7 Å². The van der Waals surface area contributed by atoms with Crippen molar-refractivity contribution in [3.63, 3.8) is 0 Å². The average molecular weight is 337 g/mol. The lowest BCUT2D eigenvalue weighted by Gasteiger charge is -2.12. The van der Waals surface area contributed by atoms with Gasteiger partial charge in [-0.1, -0.05) is 17.7 Å². The number of methoxy groups -OCH3 is 1. The van der Waals surface area contributed by atoms with Crippen molar-refractivity contribution in [2.75, 3.05) is 13.7 Å². The Morgan fingerprint density at radius 3 is 2.87 bits per heavy atom. The second-order valence-electron chi connectivity index (χ2n) is 4.80. The molecule has 0 amide bonds. The average Bonchev–Trinajstić information content (AvgIpc) is 2.96. The van der Waals surface area contributed by atoms with Crippen molar-refractivity contribution in [2.24, 2.45) is 12.0 Å². The molecular weight excluding hydrogens is 316 g/mol. The van der Waals surface area contributed by atoms with Crippen LogP contribution in [0.4, 0.5) is 0 Å². The maximum absolute atomic E-state index is 5.97. The number of aliphatic imine (C=N–C) groups is 1. The van der Waals surface area contributed by atoms with Gasteiger partial charge in [-0.2, -0.15) is 5.10 Å². The number of hydrogen-bond acceptors (Lipinski definition) is 4. The minimum atomic E-state index is 0.481. The summed E-state index contributed by atoms with van der Waals surface area (Å²) in [7, 11) is 3.48. The lowest BCUT2D eigenvalue weighted by molar-refractivity contribution is 0.410. The molecule has 0 aliphatic carbocycles. The normalized spacial score (nSPS) is 11.4. The molecule has 0 aliphatic rings. The molecule has 0 atom stereocenters. The first kappa shape index (κ1) is 17.1. The maximum Gasteiger partial charge on any atom is 0.191 e. The van der Waals surface area contributed by atoms with Gasteiger partial charge in [0.25, 0.3) is 0 Å². The summed E-state index contributed by atoms with van der Waals surface area (Å²) in [4.78, 5) is 8.74. The van der Waals surface area contributed by atoms with Crippen LogP contribution in [-0.4, -0.2) is 34.4 Å². The molecule has 124 valence electrons. The summed E-state index contributed by atoms with van der Waals surface area (Å²) in [6, 6.07) is 5.53. The highest BCUT2D eigenvalue weighted by molar-refractivity contribution is 6.30. The van der Waals surface area contributed by atoms with Gasteiger partial charge in [-0.15, -0.1) is 0 Å². The van der Waals surface area contributed by atoms with Gasteiger partial charge in [-0.3, -0.25) is 4.68 Å². The van der Waals surface area contributed by atoms with Gasteiger partial charge in [0, 0.05) is 24.2 Å². The van der Waals surface area contributed by atoms with E-state index in [1.807, 2.05) is 26.1 Å². The van der Waals surface area contributed by atoms with Gasteiger partial charge in [-0.05, 0) is 19.1 Å². The summed E-state index contributed by atoms with van der Waals surface area (Å²) >= 11 is 5.97. The zero-order valence-corrected chi connectivity index (χ0v) is 14.3. The molecule has 1 heterocycles. The predicted molar refractivity (Wildman–Crippen MR) is 90.7 cm³/mol. The van der Waals surface area contributed by atoms with Crippen molar-refractivity contribution < 1.29 is 4.74 Å². The smallest absolute Gasteiger partial charge is 0.191 e. The molecule has 0 spiro atoms. The Hall–Kier alpha value is -2.28. The molecule has 2 aromatic rings. The van der Waals surface area contributed by atoms with Gasteiger partial charge in [0.05, 0.1) is 20.2 Å². The molecule has 8 heteroatoms. The Balaban J connectivity index is 2.05. The molecule has 2 N–H and O–H groups in total. The number of benzene rings is 1. The summed E-state index contributed by atoms with van der Waals surface area (Å²) in [6.07, 6.45) is 1.53. The van der Waals surface area contributed by atoms with Gasteiger partial charge in [0.15, 0.2) is 5.96 Å². The molecule has 0 radical (unpaired) electrons. The van der Waals surface area contributed by atoms with E-state index in [0.717, 1.165) is 23.7 Å². The maximum atomic E-state index is 5.97. The Kier molecular flexibility index (Phi) is 6.22. The van der Waals surface area contributed by atoms with Crippen molar-refractivity contribution in [1.82, 2.24) is 25.4 Å². The van der Waals surface area contributed by atoms with Crippen LogP contribution in [0, 0.1) is 0 Å². The largest absolute Gasteiger partial charge is 0.496 e. The number of hydrogen-bond donors (Lipinski definition) is 2. The highest BCUT2D eigenvalue weighted by Crippen LogP contribution is 2.23. The SMILES string of the molecule is CCNC(=NCc1ccc(Cl)cc1OC)NCc1ncnn1C. The summed E-state index contributed by atoms with van der Waals surface area (Å²) in [5.74, 6) is 2.26. The molecule has 2 rings (SSSR count). The quantitative estimate of drug-likeness (QED) is 0.620. The molecule has 1 aromatic carbocycles. The third-order valence-electron chi connectivity index (χ3n) is 3.22. The second kappa shape index (κ2) is 8.38. The van der Waals surface area contributed by atoms with Crippen LogP contribution in [0.1, 0.15) is 18.3 Å². The third-order valence-corrected chi connectivity index (χ3v) is 3.46. The third kappa shape index (κ3) is 4.85. The topological polar surface area (TPSA) is 76.4 Å². The molecule has 0 saturated heterocycles. The molecule has 0 fully saturated rings. The van der Waals surface area contributed by atoms with E-state index in [1.54, 1.807) is 17.9 Å². The summed E-state index contributed by atoms with van der Waals surface area (Å²) in [5.41, 5.74) is 0.966. The van der Waals surface area contributed by atoms with Crippen LogP contribution in [0.3, 0.4) is 0 Å². The van der Waals surface area contributed by atoms with Crippen LogP contribution in [0.2, 0.25) is 5.02 Å². The minimum Gasteiger partial charge on any atom is -0.496 e. The van der Waals surface area contributed by atoms with E-state index < -0.39 is 0 Å². The number of nitrogens with zero attached hydrogens (tertiary/aromatic N) is 4. The Bertz CT molecular complexity index is 670. The van der Waals surface area contributed by atoms with Crippen molar-refractivity contribution in [1.29, 1.82) is 0 Å². The molecule has 7 nitrogen and oxygen atoms in total. The van der Waals surface area contributed by atoms with Crippen LogP contribution >= 0.6 is 11.6 Å². The second-order valence-corrected chi connectivity index (χ2v) is 5.24. The number of nitrogens with one attached hydrogen (secondary N) is 2. The summed E-state index contributed by atoms with van der Waals surface area (Å²) in [5, 5.41) is 11.1. The standard InChI is InChI=1S/C15H21ClN6O/c1-4-17-15(19-9-14-20-10-21-22(14)2)18-8-11-5-6-12(16)7-13(11)23-3/h5-7,10H,4,8-9H2,1-3H3,(H2,17,18,19). The van der Waals surface area contributed by atoms with Gasteiger partial charge in [-0.25, -0.2) is 9.98 Å². The molecule has 0 unspecified atom stereocenters. The first-order chi connectivity index (χ1) is 11.1. The van der Waals surface area contributed by atoms with Gasteiger partial charge < -0.3 is 15.4 Å². The molecule has 23 heavy (non-hydrogen) atoms. The van der Waals surface area contributed by atoms with E-state index in [9.17, 15) is 0 Å². The van der Waals surface area contributed by atoms with Crippen LogP contribution in [0.15, 0.2) is 29.5 Å². The van der Waals surface area contributed by atoms with Crippen LogP contribution in [0.5, 0.6) is 5.75 Å². The van der Waals surface area contributed by atoms with E-state index in [4.69, 9.17) is 16.3 Å². The number of halogens is 1. The lowest BCUT2D eigenvalue weighted by atomic mass is 10.2. The van der Waals surface area contributed by atoms with Crippen molar-refractivity contribution in [2.45, 2.75) is 20.0 Å². The van der Waals surface area contributed by atoms with E-state index in [0.29, 0.717) is 24.1 Å². The minimum absolute atomic E-state index is 0.481. The Morgan fingerprint density at radius 2 is 2.22 bits per heavy atom. The van der Waals surface area contributed by atoms with E-state index >= 15 is 0 Å². The summed E-state index contributed by atoms with van der Waals surface area (Å²) < 4.78 is 7.06. The Labute approximate surface area is 140 Å². The van der Waals surface area contributed by atoms with Gasteiger partial charge in [0.1, 0.15) is 17.9 Å².